The molecule has 0 spiro atoms. The van der Waals surface area contributed by atoms with E-state index >= 15 is 0 Å². The van der Waals surface area contributed by atoms with Crippen molar-refractivity contribution in [2.24, 2.45) is 10.9 Å². The molecule has 18 heavy (non-hydrogen) atoms. The molecule has 5 heteroatoms. The molecule has 1 fully saturated rings. The summed E-state index contributed by atoms with van der Waals surface area (Å²) in [5, 5.41) is 11.8. The highest BCUT2D eigenvalue weighted by Crippen LogP contribution is 2.08. The fourth-order valence-electron chi connectivity index (χ4n) is 2.26. The Labute approximate surface area is 107 Å². The van der Waals surface area contributed by atoms with E-state index in [0.717, 1.165) is 39.1 Å². The molecule has 0 amide bonds. The lowest BCUT2D eigenvalue weighted by molar-refractivity contribution is 0.272. The first-order valence-corrected chi connectivity index (χ1v) is 6.28. The van der Waals surface area contributed by atoms with Gasteiger partial charge < -0.3 is 15.8 Å². The molecule has 1 aliphatic heterocycles. The summed E-state index contributed by atoms with van der Waals surface area (Å²) in [6.07, 6.45) is 1.03. The zero-order chi connectivity index (χ0) is 12.8. The van der Waals surface area contributed by atoms with E-state index in [1.54, 1.807) is 0 Å². The maximum Gasteiger partial charge on any atom is 0.233 e. The van der Waals surface area contributed by atoms with Crippen molar-refractivity contribution >= 4 is 5.96 Å². The number of guanidine groups is 1. The van der Waals surface area contributed by atoms with Crippen molar-refractivity contribution in [1.29, 1.82) is 0 Å². The van der Waals surface area contributed by atoms with Crippen LogP contribution < -0.4 is 5.73 Å². The number of hydrogen-bond acceptors (Lipinski definition) is 3. The van der Waals surface area contributed by atoms with Crippen LogP contribution in [0.25, 0.3) is 0 Å². The van der Waals surface area contributed by atoms with Crippen LogP contribution in [-0.2, 0) is 6.54 Å². The Balaban J connectivity index is 1.89. The smallest absolute Gasteiger partial charge is 0.233 e. The second-order valence-electron chi connectivity index (χ2n) is 4.56. The van der Waals surface area contributed by atoms with Gasteiger partial charge in [0.15, 0.2) is 0 Å². The fourth-order valence-corrected chi connectivity index (χ4v) is 2.26. The van der Waals surface area contributed by atoms with Crippen LogP contribution in [0, 0.1) is 0 Å². The van der Waals surface area contributed by atoms with Gasteiger partial charge in [-0.25, -0.2) is 0 Å². The molecular weight excluding hydrogens is 228 g/mol. The van der Waals surface area contributed by atoms with Crippen LogP contribution in [0.1, 0.15) is 12.0 Å². The molecule has 0 radical (unpaired) electrons. The van der Waals surface area contributed by atoms with Crippen LogP contribution in [0.3, 0.4) is 0 Å². The van der Waals surface area contributed by atoms with Gasteiger partial charge in [0, 0.05) is 32.7 Å². The van der Waals surface area contributed by atoms with Crippen LogP contribution in [-0.4, -0.2) is 47.1 Å². The van der Waals surface area contributed by atoms with Gasteiger partial charge in [-0.3, -0.25) is 4.90 Å². The van der Waals surface area contributed by atoms with E-state index in [-0.39, 0.29) is 5.96 Å². The lowest BCUT2D eigenvalue weighted by Crippen LogP contribution is -2.39. The van der Waals surface area contributed by atoms with Gasteiger partial charge in [0.05, 0.1) is 0 Å². The summed E-state index contributed by atoms with van der Waals surface area (Å²) in [6, 6.07) is 10.5. The highest BCUT2D eigenvalue weighted by Gasteiger charge is 2.16. The van der Waals surface area contributed by atoms with E-state index in [0.29, 0.717) is 0 Å². The molecule has 1 heterocycles. The van der Waals surface area contributed by atoms with Gasteiger partial charge in [0.2, 0.25) is 5.96 Å². The molecular formula is C13H20N4O. The topological polar surface area (TPSA) is 65.1 Å². The minimum absolute atomic E-state index is 0.219. The Bertz CT molecular complexity index is 393. The number of hydrogen-bond donors (Lipinski definition) is 2. The summed E-state index contributed by atoms with van der Waals surface area (Å²) in [5.41, 5.74) is 6.95. The minimum Gasteiger partial charge on any atom is -0.408 e. The van der Waals surface area contributed by atoms with Crippen molar-refractivity contribution in [2.75, 3.05) is 26.2 Å². The largest absolute Gasteiger partial charge is 0.408 e. The lowest BCUT2D eigenvalue weighted by atomic mass is 10.2. The molecule has 0 unspecified atom stereocenters. The Kier molecular flexibility index (Phi) is 4.41. The van der Waals surface area contributed by atoms with Crippen LogP contribution in [0.15, 0.2) is 35.5 Å². The zero-order valence-electron chi connectivity index (χ0n) is 10.5. The first-order chi connectivity index (χ1) is 8.79. The second kappa shape index (κ2) is 6.26. The van der Waals surface area contributed by atoms with E-state index in [4.69, 9.17) is 10.9 Å². The van der Waals surface area contributed by atoms with E-state index < -0.39 is 0 Å². The third kappa shape index (κ3) is 3.37. The van der Waals surface area contributed by atoms with Crippen LogP contribution >= 0.6 is 0 Å². The molecule has 1 aliphatic rings. The standard InChI is InChI=1S/C13H20N4O/c14-13(15-18)17-8-4-7-16(9-10-17)11-12-5-2-1-3-6-12/h1-3,5-6,18H,4,7-11H2,(H2,14,15). The van der Waals surface area contributed by atoms with Crippen molar-refractivity contribution in [3.05, 3.63) is 35.9 Å². The monoisotopic (exact) mass is 248 g/mol. The first-order valence-electron chi connectivity index (χ1n) is 6.28. The molecule has 1 aromatic carbocycles. The number of nitrogens with two attached hydrogens (primary N) is 1. The molecule has 3 N–H and O–H groups in total. The predicted octanol–water partition coefficient (Wildman–Crippen LogP) is 0.898. The maximum atomic E-state index is 8.69. The van der Waals surface area contributed by atoms with Gasteiger partial charge in [-0.1, -0.05) is 35.5 Å². The van der Waals surface area contributed by atoms with Crippen molar-refractivity contribution < 1.29 is 5.21 Å². The van der Waals surface area contributed by atoms with Crippen molar-refractivity contribution in [3.8, 4) is 0 Å². The number of nitrogens with zero attached hydrogens (tertiary/aromatic N) is 3. The number of rotatable bonds is 2. The Morgan fingerprint density at radius 1 is 1.17 bits per heavy atom. The average Bonchev–Trinajstić information content (AvgIpc) is 2.65. The van der Waals surface area contributed by atoms with Gasteiger partial charge in [0.1, 0.15) is 0 Å². The van der Waals surface area contributed by atoms with Crippen molar-refractivity contribution in [3.63, 3.8) is 0 Å². The SMILES string of the molecule is N/C(=N/O)N1CCCN(Cc2ccccc2)CC1. The minimum atomic E-state index is 0.219. The molecule has 98 valence electrons. The Hall–Kier alpha value is -1.75. The lowest BCUT2D eigenvalue weighted by Gasteiger charge is -2.21. The molecule has 0 atom stereocenters. The van der Waals surface area contributed by atoms with Crippen LogP contribution in [0.4, 0.5) is 0 Å². The first kappa shape index (κ1) is 12.7. The summed E-state index contributed by atoms with van der Waals surface area (Å²) in [6.45, 7) is 4.60. The zero-order valence-corrected chi connectivity index (χ0v) is 10.5. The Morgan fingerprint density at radius 2 is 1.94 bits per heavy atom. The molecule has 0 saturated carbocycles. The summed E-state index contributed by atoms with van der Waals surface area (Å²) >= 11 is 0. The summed E-state index contributed by atoms with van der Waals surface area (Å²) in [5.74, 6) is 0.219. The average molecular weight is 248 g/mol. The van der Waals surface area contributed by atoms with Gasteiger partial charge in [0.25, 0.3) is 0 Å². The molecule has 1 saturated heterocycles. The number of oxime groups is 1. The molecule has 0 bridgehead atoms. The van der Waals surface area contributed by atoms with Crippen molar-refractivity contribution in [1.82, 2.24) is 9.80 Å². The van der Waals surface area contributed by atoms with Gasteiger partial charge in [-0.05, 0) is 12.0 Å². The number of benzene rings is 1. The molecule has 2 rings (SSSR count). The molecule has 0 aliphatic carbocycles. The van der Waals surface area contributed by atoms with Gasteiger partial charge in [-0.15, -0.1) is 0 Å². The van der Waals surface area contributed by atoms with Gasteiger partial charge in [-0.2, -0.15) is 0 Å². The molecule has 0 aromatic heterocycles. The summed E-state index contributed by atoms with van der Waals surface area (Å²) in [7, 11) is 0. The summed E-state index contributed by atoms with van der Waals surface area (Å²) in [4.78, 5) is 4.32. The Morgan fingerprint density at radius 3 is 2.67 bits per heavy atom. The van der Waals surface area contributed by atoms with Gasteiger partial charge >= 0.3 is 0 Å². The van der Waals surface area contributed by atoms with E-state index in [1.165, 1.54) is 5.56 Å². The third-order valence-electron chi connectivity index (χ3n) is 3.26. The third-order valence-corrected chi connectivity index (χ3v) is 3.26. The normalized spacial score (nSPS) is 18.7. The van der Waals surface area contributed by atoms with E-state index in [1.807, 2.05) is 11.0 Å². The molecule has 1 aromatic rings. The van der Waals surface area contributed by atoms with E-state index in [2.05, 4.69) is 34.3 Å². The second-order valence-corrected chi connectivity index (χ2v) is 4.56. The van der Waals surface area contributed by atoms with Crippen LogP contribution in [0.5, 0.6) is 0 Å². The highest BCUT2D eigenvalue weighted by molar-refractivity contribution is 5.77. The maximum absolute atomic E-state index is 8.69. The molecule has 5 nitrogen and oxygen atoms in total. The fraction of sp³-hybridized carbons (Fsp3) is 0.462. The highest BCUT2D eigenvalue weighted by atomic mass is 16.4. The van der Waals surface area contributed by atoms with Crippen molar-refractivity contribution in [2.45, 2.75) is 13.0 Å². The quantitative estimate of drug-likeness (QED) is 0.353. The van der Waals surface area contributed by atoms with Crippen LogP contribution in [0.2, 0.25) is 0 Å². The predicted molar refractivity (Wildman–Crippen MR) is 71.3 cm³/mol. The van der Waals surface area contributed by atoms with E-state index in [9.17, 15) is 0 Å². The summed E-state index contributed by atoms with van der Waals surface area (Å²) < 4.78 is 0.